The highest BCUT2D eigenvalue weighted by atomic mass is 32.1. The number of fused-ring (bicyclic) bond motifs is 1. The first-order valence-electron chi connectivity index (χ1n) is 6.89. The van der Waals surface area contributed by atoms with Crippen LogP contribution in [-0.2, 0) is 0 Å². The zero-order valence-electron chi connectivity index (χ0n) is 12.4. The van der Waals surface area contributed by atoms with Gasteiger partial charge < -0.3 is 5.32 Å². The van der Waals surface area contributed by atoms with Crippen LogP contribution >= 0.6 is 11.3 Å². The van der Waals surface area contributed by atoms with Gasteiger partial charge in [-0.3, -0.25) is 4.40 Å². The summed E-state index contributed by atoms with van der Waals surface area (Å²) >= 11 is 1.71. The third-order valence-corrected chi connectivity index (χ3v) is 4.45. The van der Waals surface area contributed by atoms with Crippen LogP contribution in [0.15, 0.2) is 11.0 Å². The summed E-state index contributed by atoms with van der Waals surface area (Å²) in [7, 11) is 0. The minimum absolute atomic E-state index is 0.406. The van der Waals surface area contributed by atoms with Crippen molar-refractivity contribution in [2.45, 2.75) is 47.1 Å². The number of aryl methyl sites for hydroxylation is 2. The van der Waals surface area contributed by atoms with Crippen molar-refractivity contribution in [2.24, 2.45) is 0 Å². The molecule has 0 aliphatic heterocycles. The molecule has 2 rings (SSSR count). The fourth-order valence-corrected chi connectivity index (χ4v) is 3.08. The number of rotatable bonds is 5. The van der Waals surface area contributed by atoms with Gasteiger partial charge in [-0.05, 0) is 46.7 Å². The van der Waals surface area contributed by atoms with E-state index in [1.54, 1.807) is 11.3 Å². The molecule has 1 N–H and O–H groups in total. The molecular weight excluding hydrogens is 254 g/mol. The van der Waals surface area contributed by atoms with Gasteiger partial charge in [-0.2, -0.15) is 0 Å². The molecule has 0 amide bonds. The van der Waals surface area contributed by atoms with Crippen LogP contribution in [0.1, 0.15) is 44.3 Å². The van der Waals surface area contributed by atoms with E-state index in [4.69, 9.17) is 0 Å². The number of thiazole rings is 1. The Hall–Kier alpha value is -1.13. The van der Waals surface area contributed by atoms with Gasteiger partial charge >= 0.3 is 0 Å². The molecule has 4 heteroatoms. The lowest BCUT2D eigenvalue weighted by Gasteiger charge is -2.14. The van der Waals surface area contributed by atoms with Gasteiger partial charge in [-0.25, -0.2) is 4.98 Å². The third-order valence-electron chi connectivity index (χ3n) is 3.50. The van der Waals surface area contributed by atoms with Crippen LogP contribution in [0.2, 0.25) is 0 Å². The lowest BCUT2D eigenvalue weighted by atomic mass is 10.1. The van der Waals surface area contributed by atoms with E-state index in [2.05, 4.69) is 60.8 Å². The normalized spacial score (nSPS) is 14.3. The fourth-order valence-electron chi connectivity index (χ4n) is 2.16. The lowest BCUT2D eigenvalue weighted by molar-refractivity contribution is 0.604. The van der Waals surface area contributed by atoms with E-state index >= 15 is 0 Å². The highest BCUT2D eigenvalue weighted by Gasteiger charge is 2.11. The minimum Gasteiger partial charge on any atom is -0.311 e. The molecule has 0 spiro atoms. The molecule has 0 aromatic carbocycles. The van der Waals surface area contributed by atoms with E-state index in [-0.39, 0.29) is 0 Å². The van der Waals surface area contributed by atoms with Crippen LogP contribution in [0.25, 0.3) is 11.0 Å². The van der Waals surface area contributed by atoms with Crippen LogP contribution in [-0.4, -0.2) is 22.0 Å². The molecule has 19 heavy (non-hydrogen) atoms. The number of hydrogen-bond acceptors (Lipinski definition) is 3. The topological polar surface area (TPSA) is 29.3 Å². The number of aromatic nitrogens is 2. The number of nitrogens with one attached hydrogen (secondary N) is 1. The Bertz CT molecular complexity index is 592. The van der Waals surface area contributed by atoms with E-state index in [1.165, 1.54) is 17.0 Å². The summed E-state index contributed by atoms with van der Waals surface area (Å²) in [4.78, 5) is 5.71. The monoisotopic (exact) mass is 277 g/mol. The van der Waals surface area contributed by atoms with Gasteiger partial charge in [0.05, 0.1) is 11.4 Å². The minimum atomic E-state index is 0.406. The summed E-state index contributed by atoms with van der Waals surface area (Å²) in [5.41, 5.74) is 4.94. The predicted molar refractivity (Wildman–Crippen MR) is 83.9 cm³/mol. The standard InChI is InChI=1S/C15H23N3S/c1-6-7-16-12(4)10(2)8-14-13(5)17-15-18(14)11(3)9-19-15/h8-9,12,16H,6-7H2,1-5H3/b10-8+. The summed E-state index contributed by atoms with van der Waals surface area (Å²) in [6.45, 7) is 11.9. The first kappa shape index (κ1) is 14.3. The molecule has 0 aliphatic carbocycles. The molecule has 0 fully saturated rings. The zero-order valence-corrected chi connectivity index (χ0v) is 13.3. The number of hydrogen-bond donors (Lipinski definition) is 1. The number of nitrogens with zero attached hydrogens (tertiary/aromatic N) is 2. The SMILES string of the molecule is CCCNC(C)/C(C)=C/c1c(C)nc2scc(C)n12. The molecular formula is C15H23N3S. The van der Waals surface area contributed by atoms with Gasteiger partial charge in [0.15, 0.2) is 4.96 Å². The van der Waals surface area contributed by atoms with E-state index in [1.807, 2.05) is 0 Å². The van der Waals surface area contributed by atoms with Crippen molar-refractivity contribution < 1.29 is 0 Å². The Balaban J connectivity index is 2.33. The first-order chi connectivity index (χ1) is 9.04. The summed E-state index contributed by atoms with van der Waals surface area (Å²) in [5.74, 6) is 0. The second-order valence-corrected chi connectivity index (χ2v) is 5.98. The molecule has 0 saturated carbocycles. The van der Waals surface area contributed by atoms with Gasteiger partial charge in [0.1, 0.15) is 0 Å². The number of imidazole rings is 1. The Labute approximate surface area is 119 Å². The summed E-state index contributed by atoms with van der Waals surface area (Å²) < 4.78 is 2.25. The van der Waals surface area contributed by atoms with E-state index in [0.29, 0.717) is 6.04 Å². The molecule has 3 nitrogen and oxygen atoms in total. The van der Waals surface area contributed by atoms with Crippen molar-refractivity contribution in [3.8, 4) is 0 Å². The summed E-state index contributed by atoms with van der Waals surface area (Å²) in [5, 5.41) is 5.69. The quantitative estimate of drug-likeness (QED) is 0.900. The largest absolute Gasteiger partial charge is 0.311 e. The average Bonchev–Trinajstić information content (AvgIpc) is 2.88. The van der Waals surface area contributed by atoms with Gasteiger partial charge in [0.2, 0.25) is 0 Å². The van der Waals surface area contributed by atoms with Crippen molar-refractivity contribution in [3.05, 3.63) is 28.0 Å². The maximum Gasteiger partial charge on any atom is 0.194 e. The van der Waals surface area contributed by atoms with Crippen LogP contribution in [0.3, 0.4) is 0 Å². The molecule has 2 aromatic rings. The van der Waals surface area contributed by atoms with E-state index in [9.17, 15) is 0 Å². The molecule has 0 aliphatic rings. The maximum absolute atomic E-state index is 4.62. The zero-order chi connectivity index (χ0) is 14.0. The summed E-state index contributed by atoms with van der Waals surface area (Å²) in [6.07, 6.45) is 3.43. The Kier molecular flexibility index (Phi) is 4.42. The molecule has 0 bridgehead atoms. The molecule has 1 atom stereocenters. The van der Waals surface area contributed by atoms with Crippen molar-refractivity contribution >= 4 is 22.4 Å². The second-order valence-electron chi connectivity index (χ2n) is 5.14. The highest BCUT2D eigenvalue weighted by molar-refractivity contribution is 7.15. The van der Waals surface area contributed by atoms with Gasteiger partial charge in [0, 0.05) is 17.1 Å². The smallest absolute Gasteiger partial charge is 0.194 e. The van der Waals surface area contributed by atoms with Crippen molar-refractivity contribution in [1.82, 2.24) is 14.7 Å². The third kappa shape index (κ3) is 2.90. The molecule has 0 saturated heterocycles. The molecule has 104 valence electrons. The van der Waals surface area contributed by atoms with Crippen LogP contribution in [0.5, 0.6) is 0 Å². The predicted octanol–water partition coefficient (Wildman–Crippen LogP) is 3.80. The van der Waals surface area contributed by atoms with Crippen LogP contribution in [0.4, 0.5) is 0 Å². The van der Waals surface area contributed by atoms with E-state index in [0.717, 1.165) is 23.6 Å². The highest BCUT2D eigenvalue weighted by Crippen LogP contribution is 2.22. The first-order valence-corrected chi connectivity index (χ1v) is 7.77. The Morgan fingerprint density at radius 2 is 2.26 bits per heavy atom. The lowest BCUT2D eigenvalue weighted by Crippen LogP contribution is -2.27. The molecule has 2 aromatic heterocycles. The van der Waals surface area contributed by atoms with Crippen molar-refractivity contribution in [1.29, 1.82) is 0 Å². The second kappa shape index (κ2) is 5.88. The Morgan fingerprint density at radius 3 is 2.95 bits per heavy atom. The molecule has 0 radical (unpaired) electrons. The Morgan fingerprint density at radius 1 is 1.53 bits per heavy atom. The van der Waals surface area contributed by atoms with Crippen LogP contribution < -0.4 is 5.32 Å². The summed E-state index contributed by atoms with van der Waals surface area (Å²) in [6, 6.07) is 0.406. The maximum atomic E-state index is 4.62. The molecule has 2 heterocycles. The van der Waals surface area contributed by atoms with Gasteiger partial charge in [-0.15, -0.1) is 11.3 Å². The van der Waals surface area contributed by atoms with Crippen molar-refractivity contribution in [3.63, 3.8) is 0 Å². The van der Waals surface area contributed by atoms with Gasteiger partial charge in [-0.1, -0.05) is 12.5 Å². The average molecular weight is 277 g/mol. The molecule has 1 unspecified atom stereocenters. The van der Waals surface area contributed by atoms with E-state index < -0.39 is 0 Å². The van der Waals surface area contributed by atoms with Crippen LogP contribution in [0, 0.1) is 13.8 Å². The fraction of sp³-hybridized carbons (Fsp3) is 0.533. The van der Waals surface area contributed by atoms with Crippen molar-refractivity contribution in [2.75, 3.05) is 6.54 Å². The van der Waals surface area contributed by atoms with Gasteiger partial charge in [0.25, 0.3) is 0 Å².